The Balaban J connectivity index is 0.00000133. The maximum atomic E-state index is 4.39. The van der Waals surface area contributed by atoms with Crippen molar-refractivity contribution < 1.29 is 0 Å². The highest BCUT2D eigenvalue weighted by Crippen LogP contribution is 2.25. The third-order valence-corrected chi connectivity index (χ3v) is 3.76. The topological polar surface area (TPSA) is 53.1 Å². The Morgan fingerprint density at radius 1 is 1.32 bits per heavy atom. The second-order valence-corrected chi connectivity index (χ2v) is 5.29. The van der Waals surface area contributed by atoms with Crippen LogP contribution in [0.5, 0.6) is 0 Å². The van der Waals surface area contributed by atoms with Gasteiger partial charge in [-0.15, -0.1) is 12.4 Å². The van der Waals surface area contributed by atoms with E-state index in [1.807, 2.05) is 0 Å². The van der Waals surface area contributed by atoms with E-state index in [1.165, 1.54) is 25.7 Å². The number of nitrogens with one attached hydrogen (secondary N) is 2. The molecule has 2 fully saturated rings. The van der Waals surface area contributed by atoms with Crippen LogP contribution in [0.4, 0.5) is 11.6 Å². The van der Waals surface area contributed by atoms with Crippen LogP contribution in [-0.2, 0) is 0 Å². The molecule has 19 heavy (non-hydrogen) atoms. The minimum absolute atomic E-state index is 0. The number of aromatic nitrogens is 2. The summed E-state index contributed by atoms with van der Waals surface area (Å²) in [5.74, 6) is 1.97. The third kappa shape index (κ3) is 3.70. The van der Waals surface area contributed by atoms with Gasteiger partial charge in [0.15, 0.2) is 0 Å². The molecule has 3 rings (SSSR count). The van der Waals surface area contributed by atoms with Crippen molar-refractivity contribution >= 4 is 24.0 Å². The van der Waals surface area contributed by atoms with Gasteiger partial charge in [-0.25, -0.2) is 9.97 Å². The molecule has 6 heteroatoms. The Hall–Kier alpha value is -1.07. The highest BCUT2D eigenvalue weighted by Gasteiger charge is 2.22. The summed E-state index contributed by atoms with van der Waals surface area (Å²) in [6, 6.07) is 3.24. The van der Waals surface area contributed by atoms with Crippen LogP contribution in [0.25, 0.3) is 0 Å². The van der Waals surface area contributed by atoms with Crippen LogP contribution in [-0.4, -0.2) is 42.2 Å². The minimum Gasteiger partial charge on any atom is -0.367 e. The van der Waals surface area contributed by atoms with E-state index in [1.54, 1.807) is 6.33 Å². The molecule has 0 amide bonds. The Morgan fingerprint density at radius 2 is 2.16 bits per heavy atom. The normalized spacial score (nSPS) is 22.5. The van der Waals surface area contributed by atoms with Crippen molar-refractivity contribution in [3.05, 3.63) is 12.4 Å². The van der Waals surface area contributed by atoms with E-state index in [0.717, 1.165) is 24.7 Å². The first-order chi connectivity index (χ1) is 8.83. The quantitative estimate of drug-likeness (QED) is 0.880. The van der Waals surface area contributed by atoms with Gasteiger partial charge in [0.25, 0.3) is 0 Å². The van der Waals surface area contributed by atoms with Gasteiger partial charge >= 0.3 is 0 Å². The second kappa shape index (κ2) is 6.39. The summed E-state index contributed by atoms with van der Waals surface area (Å²) in [6.45, 7) is 2.19. The van der Waals surface area contributed by atoms with Crippen LogP contribution >= 0.6 is 12.4 Å². The van der Waals surface area contributed by atoms with Crippen molar-refractivity contribution in [3.8, 4) is 0 Å². The zero-order chi connectivity index (χ0) is 12.4. The molecule has 1 aromatic rings. The van der Waals surface area contributed by atoms with Crippen LogP contribution < -0.4 is 15.5 Å². The lowest BCUT2D eigenvalue weighted by Crippen LogP contribution is -2.44. The fraction of sp³-hybridized carbons (Fsp3) is 0.692. The lowest BCUT2D eigenvalue weighted by Gasteiger charge is -2.32. The third-order valence-electron chi connectivity index (χ3n) is 3.76. The Morgan fingerprint density at radius 3 is 2.84 bits per heavy atom. The number of nitrogens with zero attached hydrogens (tertiary/aromatic N) is 3. The molecule has 106 valence electrons. The van der Waals surface area contributed by atoms with Crippen LogP contribution in [0, 0.1) is 0 Å². The zero-order valence-electron chi connectivity index (χ0n) is 11.3. The zero-order valence-corrected chi connectivity index (χ0v) is 12.1. The summed E-state index contributed by atoms with van der Waals surface area (Å²) in [5.41, 5.74) is 0. The van der Waals surface area contributed by atoms with E-state index in [0.29, 0.717) is 12.1 Å². The molecule has 1 saturated carbocycles. The van der Waals surface area contributed by atoms with Gasteiger partial charge in [0.1, 0.15) is 18.0 Å². The van der Waals surface area contributed by atoms with Crippen LogP contribution in [0.15, 0.2) is 12.4 Å². The SMILES string of the molecule is CN(c1cc(NC2CC2)ncn1)C1CCCNC1.Cl. The van der Waals surface area contributed by atoms with Crippen molar-refractivity contribution in [1.29, 1.82) is 0 Å². The molecule has 0 radical (unpaired) electrons. The molecule has 2 heterocycles. The fourth-order valence-corrected chi connectivity index (χ4v) is 2.41. The number of hydrogen-bond donors (Lipinski definition) is 2. The van der Waals surface area contributed by atoms with Gasteiger partial charge in [-0.2, -0.15) is 0 Å². The maximum absolute atomic E-state index is 4.39. The van der Waals surface area contributed by atoms with Crippen molar-refractivity contribution in [3.63, 3.8) is 0 Å². The van der Waals surface area contributed by atoms with Crippen molar-refractivity contribution in [2.45, 2.75) is 37.8 Å². The van der Waals surface area contributed by atoms with E-state index in [2.05, 4.69) is 38.6 Å². The number of likely N-dealkylation sites (N-methyl/N-ethyl adjacent to an activating group) is 1. The molecule has 1 saturated heterocycles. The van der Waals surface area contributed by atoms with Crippen LogP contribution in [0.2, 0.25) is 0 Å². The summed E-state index contributed by atoms with van der Waals surface area (Å²) in [6.07, 6.45) is 6.67. The lowest BCUT2D eigenvalue weighted by atomic mass is 10.1. The predicted octanol–water partition coefficient (Wildman–Crippen LogP) is 1.66. The molecular formula is C13H22ClN5. The number of halogens is 1. The molecule has 1 aromatic heterocycles. The number of rotatable bonds is 4. The van der Waals surface area contributed by atoms with Crippen molar-refractivity contribution in [2.75, 3.05) is 30.4 Å². The van der Waals surface area contributed by atoms with E-state index in [9.17, 15) is 0 Å². The summed E-state index contributed by atoms with van der Waals surface area (Å²) >= 11 is 0. The average molecular weight is 284 g/mol. The molecule has 1 aliphatic carbocycles. The standard InChI is InChI=1S/C13H21N5.ClH/c1-18(11-3-2-6-14-8-11)13-7-12(15-9-16-13)17-10-4-5-10;/h7,9-11,14H,2-6,8H2,1H3,(H,15,16,17);1H. The molecule has 1 aliphatic heterocycles. The molecule has 1 atom stereocenters. The van der Waals surface area contributed by atoms with E-state index < -0.39 is 0 Å². The average Bonchev–Trinajstić information content (AvgIpc) is 3.23. The molecule has 2 aliphatic rings. The lowest BCUT2D eigenvalue weighted by molar-refractivity contribution is 0.443. The van der Waals surface area contributed by atoms with Gasteiger partial charge < -0.3 is 15.5 Å². The number of hydrogen-bond acceptors (Lipinski definition) is 5. The first-order valence-electron chi connectivity index (χ1n) is 6.85. The Bertz CT molecular complexity index is 404. The molecular weight excluding hydrogens is 262 g/mol. The summed E-state index contributed by atoms with van der Waals surface area (Å²) in [7, 11) is 2.13. The van der Waals surface area contributed by atoms with Gasteiger partial charge in [-0.1, -0.05) is 0 Å². The van der Waals surface area contributed by atoms with Gasteiger partial charge in [0, 0.05) is 31.7 Å². The van der Waals surface area contributed by atoms with Gasteiger partial charge in [0.2, 0.25) is 0 Å². The van der Waals surface area contributed by atoms with E-state index in [-0.39, 0.29) is 12.4 Å². The first kappa shape index (κ1) is 14.3. The molecule has 1 unspecified atom stereocenters. The molecule has 5 nitrogen and oxygen atoms in total. The number of piperidine rings is 1. The van der Waals surface area contributed by atoms with E-state index in [4.69, 9.17) is 0 Å². The highest BCUT2D eigenvalue weighted by molar-refractivity contribution is 5.85. The van der Waals surface area contributed by atoms with E-state index >= 15 is 0 Å². The highest BCUT2D eigenvalue weighted by atomic mass is 35.5. The maximum Gasteiger partial charge on any atom is 0.134 e. The smallest absolute Gasteiger partial charge is 0.134 e. The number of anilines is 2. The van der Waals surface area contributed by atoms with Crippen LogP contribution in [0.3, 0.4) is 0 Å². The minimum atomic E-state index is 0. The van der Waals surface area contributed by atoms with Gasteiger partial charge in [-0.3, -0.25) is 0 Å². The fourth-order valence-electron chi connectivity index (χ4n) is 2.41. The Labute approximate surface area is 120 Å². The molecule has 0 bridgehead atoms. The molecule has 2 N–H and O–H groups in total. The van der Waals surface area contributed by atoms with Crippen molar-refractivity contribution in [1.82, 2.24) is 15.3 Å². The molecule has 0 aromatic carbocycles. The summed E-state index contributed by atoms with van der Waals surface area (Å²) in [5, 5.41) is 6.86. The van der Waals surface area contributed by atoms with Gasteiger partial charge in [-0.05, 0) is 32.2 Å². The largest absolute Gasteiger partial charge is 0.367 e. The monoisotopic (exact) mass is 283 g/mol. The van der Waals surface area contributed by atoms with Gasteiger partial charge in [0.05, 0.1) is 0 Å². The van der Waals surface area contributed by atoms with Crippen LogP contribution in [0.1, 0.15) is 25.7 Å². The Kier molecular flexibility index (Phi) is 4.82. The van der Waals surface area contributed by atoms with Crippen molar-refractivity contribution in [2.24, 2.45) is 0 Å². The summed E-state index contributed by atoms with van der Waals surface area (Å²) < 4.78 is 0. The summed E-state index contributed by atoms with van der Waals surface area (Å²) in [4.78, 5) is 10.9. The predicted molar refractivity (Wildman–Crippen MR) is 80.2 cm³/mol. The first-order valence-corrected chi connectivity index (χ1v) is 6.85. The second-order valence-electron chi connectivity index (χ2n) is 5.29. The molecule has 0 spiro atoms.